The van der Waals surface area contributed by atoms with E-state index in [1.807, 2.05) is 25.1 Å². The first-order valence-corrected chi connectivity index (χ1v) is 10.4. The van der Waals surface area contributed by atoms with E-state index in [1.54, 1.807) is 14.2 Å². The summed E-state index contributed by atoms with van der Waals surface area (Å²) >= 11 is 0. The monoisotopic (exact) mass is 396 g/mol. The Bertz CT molecular complexity index is 786. The summed E-state index contributed by atoms with van der Waals surface area (Å²) in [4.78, 5) is 15.0. The summed E-state index contributed by atoms with van der Waals surface area (Å²) in [5, 5.41) is 3.06. The highest BCUT2D eigenvalue weighted by atomic mass is 16.5. The van der Waals surface area contributed by atoms with Crippen molar-refractivity contribution in [3.05, 3.63) is 59.7 Å². The number of benzene rings is 2. The van der Waals surface area contributed by atoms with Gasteiger partial charge in [-0.1, -0.05) is 36.4 Å². The van der Waals surface area contributed by atoms with Crippen molar-refractivity contribution in [3.63, 3.8) is 0 Å². The Morgan fingerprint density at radius 3 is 2.38 bits per heavy atom. The molecule has 0 radical (unpaired) electrons. The van der Waals surface area contributed by atoms with Crippen molar-refractivity contribution in [1.29, 1.82) is 0 Å². The van der Waals surface area contributed by atoms with Crippen molar-refractivity contribution in [2.75, 3.05) is 27.3 Å². The fourth-order valence-electron chi connectivity index (χ4n) is 3.99. The van der Waals surface area contributed by atoms with Crippen LogP contribution in [-0.2, 0) is 17.8 Å². The van der Waals surface area contributed by atoms with Crippen LogP contribution in [0.4, 0.5) is 0 Å². The quantitative estimate of drug-likeness (QED) is 0.740. The minimum Gasteiger partial charge on any atom is -0.493 e. The zero-order valence-electron chi connectivity index (χ0n) is 17.7. The molecule has 0 aromatic heterocycles. The van der Waals surface area contributed by atoms with Crippen LogP contribution >= 0.6 is 0 Å². The molecule has 1 heterocycles. The third kappa shape index (κ3) is 5.73. The molecule has 1 amide bonds. The van der Waals surface area contributed by atoms with Gasteiger partial charge in [0.25, 0.3) is 0 Å². The highest BCUT2D eigenvalue weighted by Gasteiger charge is 2.26. The molecule has 0 aliphatic carbocycles. The third-order valence-electron chi connectivity index (χ3n) is 5.86. The Hall–Kier alpha value is -2.53. The third-order valence-corrected chi connectivity index (χ3v) is 5.86. The first-order valence-electron chi connectivity index (χ1n) is 10.4. The van der Waals surface area contributed by atoms with Gasteiger partial charge >= 0.3 is 0 Å². The van der Waals surface area contributed by atoms with Crippen LogP contribution in [0.2, 0.25) is 0 Å². The lowest BCUT2D eigenvalue weighted by Crippen LogP contribution is -2.48. The molecule has 2 aromatic rings. The van der Waals surface area contributed by atoms with Gasteiger partial charge in [-0.05, 0) is 68.5 Å². The van der Waals surface area contributed by atoms with Crippen LogP contribution in [0.3, 0.4) is 0 Å². The van der Waals surface area contributed by atoms with E-state index >= 15 is 0 Å². The number of rotatable bonds is 8. The van der Waals surface area contributed by atoms with E-state index in [4.69, 9.17) is 9.47 Å². The molecule has 0 spiro atoms. The number of carbonyl (C=O) groups is 1. The molecule has 156 valence electrons. The van der Waals surface area contributed by atoms with E-state index < -0.39 is 0 Å². The second kappa shape index (κ2) is 10.3. The number of piperidine rings is 1. The molecule has 2 aromatic carbocycles. The number of hydrogen-bond donors (Lipinski definition) is 1. The first kappa shape index (κ1) is 21.2. The van der Waals surface area contributed by atoms with Crippen molar-refractivity contribution in [1.82, 2.24) is 10.2 Å². The molecule has 1 aliphatic rings. The SMILES string of the molecule is COc1ccc(CNC(=O)[C@H](C)N2CCC(Cc3ccccc3)CC2)cc1OC. The molecule has 5 heteroatoms. The second-order valence-corrected chi connectivity index (χ2v) is 7.75. The van der Waals surface area contributed by atoms with Crippen LogP contribution in [-0.4, -0.2) is 44.2 Å². The van der Waals surface area contributed by atoms with Gasteiger partial charge in [0.2, 0.25) is 5.91 Å². The van der Waals surface area contributed by atoms with Crippen LogP contribution in [0.15, 0.2) is 48.5 Å². The fraction of sp³-hybridized carbons (Fsp3) is 0.458. The van der Waals surface area contributed by atoms with Gasteiger partial charge in [0.05, 0.1) is 20.3 Å². The van der Waals surface area contributed by atoms with E-state index in [9.17, 15) is 4.79 Å². The van der Waals surface area contributed by atoms with Gasteiger partial charge < -0.3 is 14.8 Å². The molecule has 0 bridgehead atoms. The van der Waals surface area contributed by atoms with Crippen molar-refractivity contribution >= 4 is 5.91 Å². The molecule has 1 aliphatic heterocycles. The molecule has 5 nitrogen and oxygen atoms in total. The summed E-state index contributed by atoms with van der Waals surface area (Å²) in [6, 6.07) is 16.3. The van der Waals surface area contributed by atoms with Crippen molar-refractivity contribution in [2.45, 2.75) is 38.8 Å². The summed E-state index contributed by atoms with van der Waals surface area (Å²) < 4.78 is 10.6. The van der Waals surface area contributed by atoms with Gasteiger partial charge in [0, 0.05) is 6.54 Å². The topological polar surface area (TPSA) is 50.8 Å². The average molecular weight is 397 g/mol. The predicted octanol–water partition coefficient (Wildman–Crippen LogP) is 3.66. The summed E-state index contributed by atoms with van der Waals surface area (Å²) in [7, 11) is 3.23. The van der Waals surface area contributed by atoms with Gasteiger partial charge in [0.1, 0.15) is 0 Å². The second-order valence-electron chi connectivity index (χ2n) is 7.75. The Balaban J connectivity index is 1.46. The van der Waals surface area contributed by atoms with Crippen LogP contribution in [0.25, 0.3) is 0 Å². The summed E-state index contributed by atoms with van der Waals surface area (Å²) in [5.41, 5.74) is 2.40. The largest absolute Gasteiger partial charge is 0.493 e. The van der Waals surface area contributed by atoms with Gasteiger partial charge in [-0.25, -0.2) is 0 Å². The Morgan fingerprint density at radius 2 is 1.72 bits per heavy atom. The number of amides is 1. The molecule has 1 saturated heterocycles. The van der Waals surface area contributed by atoms with E-state index in [0.717, 1.165) is 37.9 Å². The van der Waals surface area contributed by atoms with Crippen LogP contribution in [0.1, 0.15) is 30.9 Å². The van der Waals surface area contributed by atoms with Crippen molar-refractivity contribution in [3.8, 4) is 11.5 Å². The minimum atomic E-state index is -0.118. The Kier molecular flexibility index (Phi) is 7.53. The summed E-state index contributed by atoms with van der Waals surface area (Å²) in [6.07, 6.45) is 3.42. The van der Waals surface area contributed by atoms with Crippen molar-refractivity contribution < 1.29 is 14.3 Å². The summed E-state index contributed by atoms with van der Waals surface area (Å²) in [5.74, 6) is 2.14. The zero-order chi connectivity index (χ0) is 20.6. The van der Waals surface area contributed by atoms with E-state index in [1.165, 1.54) is 5.56 Å². The molecular formula is C24H32N2O3. The molecule has 0 unspecified atom stereocenters. The lowest BCUT2D eigenvalue weighted by Gasteiger charge is -2.35. The molecule has 0 saturated carbocycles. The smallest absolute Gasteiger partial charge is 0.237 e. The zero-order valence-corrected chi connectivity index (χ0v) is 17.7. The molecule has 1 atom stereocenters. The van der Waals surface area contributed by atoms with Crippen LogP contribution < -0.4 is 14.8 Å². The Morgan fingerprint density at radius 1 is 1.03 bits per heavy atom. The lowest BCUT2D eigenvalue weighted by atomic mass is 9.89. The molecule has 29 heavy (non-hydrogen) atoms. The van der Waals surface area contributed by atoms with Crippen LogP contribution in [0.5, 0.6) is 11.5 Å². The average Bonchev–Trinajstić information content (AvgIpc) is 2.78. The molecule has 1 fully saturated rings. The van der Waals surface area contributed by atoms with Gasteiger partial charge in [-0.15, -0.1) is 0 Å². The van der Waals surface area contributed by atoms with Crippen molar-refractivity contribution in [2.24, 2.45) is 5.92 Å². The predicted molar refractivity (Wildman–Crippen MR) is 115 cm³/mol. The van der Waals surface area contributed by atoms with Gasteiger partial charge in [-0.3, -0.25) is 9.69 Å². The maximum atomic E-state index is 12.7. The van der Waals surface area contributed by atoms with E-state index in [2.05, 4.69) is 40.5 Å². The van der Waals surface area contributed by atoms with Gasteiger partial charge in [0.15, 0.2) is 11.5 Å². The number of hydrogen-bond acceptors (Lipinski definition) is 4. The first-order chi connectivity index (χ1) is 14.1. The molecule has 1 N–H and O–H groups in total. The Labute approximate surface area is 174 Å². The van der Waals surface area contributed by atoms with Gasteiger partial charge in [-0.2, -0.15) is 0 Å². The number of likely N-dealkylation sites (tertiary alicyclic amines) is 1. The summed E-state index contributed by atoms with van der Waals surface area (Å²) in [6.45, 7) is 4.43. The highest BCUT2D eigenvalue weighted by Crippen LogP contribution is 2.27. The number of nitrogens with zero attached hydrogens (tertiary/aromatic N) is 1. The minimum absolute atomic E-state index is 0.0706. The number of carbonyl (C=O) groups excluding carboxylic acids is 1. The van der Waals surface area contributed by atoms with E-state index in [0.29, 0.717) is 24.0 Å². The normalized spacial score (nSPS) is 16.2. The van der Waals surface area contributed by atoms with Crippen LogP contribution in [0, 0.1) is 5.92 Å². The highest BCUT2D eigenvalue weighted by molar-refractivity contribution is 5.81. The standard InChI is InChI=1S/C24H32N2O3/c1-18(24(27)25-17-21-9-10-22(28-2)23(16-21)29-3)26-13-11-20(12-14-26)15-19-7-5-4-6-8-19/h4-10,16,18,20H,11-15,17H2,1-3H3,(H,25,27)/t18-/m0/s1. The fourth-order valence-corrected chi connectivity index (χ4v) is 3.99. The van der Waals surface area contributed by atoms with E-state index in [-0.39, 0.29) is 11.9 Å². The number of ether oxygens (including phenoxy) is 2. The molecule has 3 rings (SSSR count). The maximum Gasteiger partial charge on any atom is 0.237 e. The number of methoxy groups -OCH3 is 2. The lowest BCUT2D eigenvalue weighted by molar-refractivity contribution is -0.126. The number of nitrogens with one attached hydrogen (secondary N) is 1. The molecular weight excluding hydrogens is 364 g/mol. The maximum absolute atomic E-state index is 12.7.